The molecule has 0 radical (unpaired) electrons. The van der Waals surface area contributed by atoms with Gasteiger partial charge in [-0.15, -0.1) is 11.3 Å². The first-order valence-corrected chi connectivity index (χ1v) is 6.96. The van der Waals surface area contributed by atoms with Crippen LogP contribution in [0.2, 0.25) is 0 Å². The number of hydrogen-bond donors (Lipinski definition) is 0. The predicted molar refractivity (Wildman–Crippen MR) is 85.0 cm³/mol. The second-order valence-electron chi connectivity index (χ2n) is 4.72. The quantitative estimate of drug-likeness (QED) is 0.417. The number of fused-ring (bicyclic) bond motifs is 5. The SMILES string of the molecule is Bc1cccc2c1sc1c3ccccc3ccc21. The highest BCUT2D eigenvalue weighted by Gasteiger charge is 2.08. The van der Waals surface area contributed by atoms with Gasteiger partial charge in [-0.3, -0.25) is 0 Å². The maximum atomic E-state index is 2.26. The zero-order valence-corrected chi connectivity index (χ0v) is 10.9. The Bertz CT molecular complexity index is 889. The number of hydrogen-bond acceptors (Lipinski definition) is 1. The van der Waals surface area contributed by atoms with E-state index in [0.717, 1.165) is 0 Å². The van der Waals surface area contributed by atoms with E-state index in [0.29, 0.717) is 0 Å². The van der Waals surface area contributed by atoms with E-state index in [1.165, 1.54) is 36.4 Å². The number of thiophene rings is 1. The molecule has 0 amide bonds. The van der Waals surface area contributed by atoms with Gasteiger partial charge in [-0.05, 0) is 16.2 Å². The van der Waals surface area contributed by atoms with Crippen LogP contribution in [-0.4, -0.2) is 7.85 Å². The molecule has 3 aromatic carbocycles. The first-order valence-electron chi connectivity index (χ1n) is 6.14. The molecule has 84 valence electrons. The molecule has 4 aromatic rings. The minimum atomic E-state index is 1.33. The molecule has 0 atom stereocenters. The van der Waals surface area contributed by atoms with Crippen molar-refractivity contribution in [1.29, 1.82) is 0 Å². The van der Waals surface area contributed by atoms with Crippen LogP contribution in [0.5, 0.6) is 0 Å². The Morgan fingerprint density at radius 3 is 2.39 bits per heavy atom. The average Bonchev–Trinajstić information content (AvgIpc) is 2.79. The second kappa shape index (κ2) is 3.60. The van der Waals surface area contributed by atoms with Crippen molar-refractivity contribution >= 4 is 55.6 Å². The smallest absolute Gasteiger partial charge is 0.135 e. The fourth-order valence-corrected chi connectivity index (χ4v) is 3.97. The van der Waals surface area contributed by atoms with Gasteiger partial charge in [0.2, 0.25) is 0 Å². The van der Waals surface area contributed by atoms with E-state index >= 15 is 0 Å². The predicted octanol–water partition coefficient (Wildman–Crippen LogP) is 3.47. The van der Waals surface area contributed by atoms with Gasteiger partial charge in [0.25, 0.3) is 0 Å². The second-order valence-corrected chi connectivity index (χ2v) is 5.74. The van der Waals surface area contributed by atoms with Crippen LogP contribution < -0.4 is 5.46 Å². The molecule has 0 nitrogen and oxygen atoms in total. The van der Waals surface area contributed by atoms with Crippen LogP contribution in [0.15, 0.2) is 54.6 Å². The summed E-state index contributed by atoms with van der Waals surface area (Å²) in [5.74, 6) is 0. The molecule has 0 saturated heterocycles. The Labute approximate surface area is 110 Å². The van der Waals surface area contributed by atoms with Crippen molar-refractivity contribution in [2.45, 2.75) is 0 Å². The van der Waals surface area contributed by atoms with E-state index in [1.807, 2.05) is 11.3 Å². The van der Waals surface area contributed by atoms with Crippen molar-refractivity contribution in [1.82, 2.24) is 0 Å². The average molecular weight is 246 g/mol. The lowest BCUT2D eigenvalue weighted by Crippen LogP contribution is -1.99. The lowest BCUT2D eigenvalue weighted by molar-refractivity contribution is 1.82. The first kappa shape index (κ1) is 10.2. The molecule has 0 aliphatic rings. The summed E-state index contributed by atoms with van der Waals surface area (Å²) in [5.41, 5.74) is 1.37. The molecule has 0 bridgehead atoms. The monoisotopic (exact) mass is 246 g/mol. The van der Waals surface area contributed by atoms with Gasteiger partial charge in [0, 0.05) is 14.8 Å². The van der Waals surface area contributed by atoms with E-state index in [-0.39, 0.29) is 0 Å². The van der Waals surface area contributed by atoms with Gasteiger partial charge in [0.15, 0.2) is 0 Å². The van der Waals surface area contributed by atoms with E-state index < -0.39 is 0 Å². The molecule has 4 rings (SSSR count). The summed E-state index contributed by atoms with van der Waals surface area (Å²) in [6.07, 6.45) is 0. The van der Waals surface area contributed by atoms with Gasteiger partial charge in [0.05, 0.1) is 0 Å². The Hall–Kier alpha value is -1.80. The molecule has 0 aliphatic carbocycles. The van der Waals surface area contributed by atoms with Crippen molar-refractivity contribution in [3.63, 3.8) is 0 Å². The Balaban J connectivity index is 2.33. The third kappa shape index (κ3) is 1.27. The summed E-state index contributed by atoms with van der Waals surface area (Å²) in [6, 6.07) is 19.7. The lowest BCUT2D eigenvalue weighted by Gasteiger charge is -1.98. The van der Waals surface area contributed by atoms with Crippen LogP contribution in [0, 0.1) is 0 Å². The molecule has 0 saturated carbocycles. The molecule has 0 spiro atoms. The van der Waals surface area contributed by atoms with Crippen LogP contribution >= 0.6 is 11.3 Å². The highest BCUT2D eigenvalue weighted by atomic mass is 32.1. The van der Waals surface area contributed by atoms with E-state index in [9.17, 15) is 0 Å². The molecule has 2 heteroatoms. The van der Waals surface area contributed by atoms with Crippen molar-refractivity contribution in [3.8, 4) is 0 Å². The van der Waals surface area contributed by atoms with Crippen molar-refractivity contribution < 1.29 is 0 Å². The highest BCUT2D eigenvalue weighted by Crippen LogP contribution is 2.37. The zero-order chi connectivity index (χ0) is 12.1. The fraction of sp³-hybridized carbons (Fsp3) is 0. The Morgan fingerprint density at radius 2 is 1.44 bits per heavy atom. The summed E-state index contributed by atoms with van der Waals surface area (Å²) in [4.78, 5) is 0. The number of benzene rings is 3. The summed E-state index contributed by atoms with van der Waals surface area (Å²) < 4.78 is 2.83. The van der Waals surface area contributed by atoms with E-state index in [2.05, 4.69) is 62.4 Å². The Kier molecular flexibility index (Phi) is 2.03. The third-order valence-electron chi connectivity index (χ3n) is 3.59. The third-order valence-corrected chi connectivity index (χ3v) is 4.98. The molecular weight excluding hydrogens is 235 g/mol. The maximum Gasteiger partial charge on any atom is 0.141 e. The van der Waals surface area contributed by atoms with Crippen LogP contribution in [-0.2, 0) is 0 Å². The van der Waals surface area contributed by atoms with Crippen molar-refractivity contribution in [2.75, 3.05) is 0 Å². The fourth-order valence-electron chi connectivity index (χ4n) is 2.67. The van der Waals surface area contributed by atoms with Crippen LogP contribution in [0.1, 0.15) is 0 Å². The van der Waals surface area contributed by atoms with Gasteiger partial charge in [-0.2, -0.15) is 0 Å². The van der Waals surface area contributed by atoms with E-state index in [4.69, 9.17) is 0 Å². The van der Waals surface area contributed by atoms with Gasteiger partial charge in [-0.25, -0.2) is 0 Å². The molecule has 1 heterocycles. The lowest BCUT2D eigenvalue weighted by atomic mass is 9.94. The molecule has 1 aromatic heterocycles. The largest absolute Gasteiger partial charge is 0.141 e. The molecule has 0 unspecified atom stereocenters. The summed E-state index contributed by atoms with van der Waals surface area (Å²) >= 11 is 1.92. The molecule has 18 heavy (non-hydrogen) atoms. The standard InChI is InChI=1S/C16H11BS/c17-14-7-3-6-12-13-9-8-10-4-1-2-5-11(10)15(13)18-16(12)14/h1-9H,17H2. The number of rotatable bonds is 0. The molecule has 0 aliphatic heterocycles. The van der Waals surface area contributed by atoms with Gasteiger partial charge >= 0.3 is 0 Å². The summed E-state index contributed by atoms with van der Waals surface area (Å²) in [7, 11) is 2.19. The highest BCUT2D eigenvalue weighted by molar-refractivity contribution is 7.27. The van der Waals surface area contributed by atoms with Gasteiger partial charge in [-0.1, -0.05) is 60.1 Å². The van der Waals surface area contributed by atoms with Crippen LogP contribution in [0.3, 0.4) is 0 Å². The van der Waals surface area contributed by atoms with Gasteiger partial charge < -0.3 is 0 Å². The minimum absolute atomic E-state index is 1.33. The minimum Gasteiger partial charge on any atom is -0.135 e. The maximum absolute atomic E-state index is 2.26. The zero-order valence-electron chi connectivity index (χ0n) is 10.1. The molecule has 0 fully saturated rings. The first-order chi connectivity index (χ1) is 8.84. The molecular formula is C16H11BS. The summed E-state index contributed by atoms with van der Waals surface area (Å²) in [5, 5.41) is 5.47. The summed E-state index contributed by atoms with van der Waals surface area (Å²) in [6.45, 7) is 0. The van der Waals surface area contributed by atoms with Crippen molar-refractivity contribution in [2.24, 2.45) is 0 Å². The van der Waals surface area contributed by atoms with Crippen LogP contribution in [0.25, 0.3) is 30.9 Å². The van der Waals surface area contributed by atoms with Crippen molar-refractivity contribution in [3.05, 3.63) is 54.6 Å². The van der Waals surface area contributed by atoms with Gasteiger partial charge in [0.1, 0.15) is 7.85 Å². The topological polar surface area (TPSA) is 0 Å². The Morgan fingerprint density at radius 1 is 0.667 bits per heavy atom. The molecule has 0 N–H and O–H groups in total. The van der Waals surface area contributed by atoms with Crippen LogP contribution in [0.4, 0.5) is 0 Å². The van der Waals surface area contributed by atoms with E-state index in [1.54, 1.807) is 0 Å². The normalized spacial score (nSPS) is 11.6.